The van der Waals surface area contributed by atoms with Crippen LogP contribution in [0.5, 0.6) is 5.75 Å². The molecule has 0 saturated carbocycles. The molecule has 0 radical (unpaired) electrons. The molecule has 18 heavy (non-hydrogen) atoms. The van der Waals surface area contributed by atoms with Crippen LogP contribution in [-0.4, -0.2) is 27.0 Å². The summed E-state index contributed by atoms with van der Waals surface area (Å²) in [6.07, 6.45) is 2.34. The van der Waals surface area contributed by atoms with Gasteiger partial charge in [0.05, 0.1) is 18.6 Å². The van der Waals surface area contributed by atoms with E-state index in [1.165, 1.54) is 0 Å². The highest BCUT2D eigenvalue weighted by atomic mass is 32.2. The van der Waals surface area contributed by atoms with Gasteiger partial charge in [0.15, 0.2) is 0 Å². The van der Waals surface area contributed by atoms with E-state index in [0.717, 1.165) is 36.3 Å². The highest BCUT2D eigenvalue weighted by Crippen LogP contribution is 2.27. The van der Waals surface area contributed by atoms with Crippen LogP contribution in [-0.2, 0) is 16.3 Å². The second kappa shape index (κ2) is 5.18. The minimum Gasteiger partial charge on any atom is -0.497 e. The van der Waals surface area contributed by atoms with Gasteiger partial charge in [-0.15, -0.1) is 0 Å². The third-order valence-electron chi connectivity index (χ3n) is 3.54. The Morgan fingerprint density at radius 2 is 2.00 bits per heavy atom. The molecule has 2 N–H and O–H groups in total. The van der Waals surface area contributed by atoms with Gasteiger partial charge in [-0.05, 0) is 36.8 Å². The summed E-state index contributed by atoms with van der Waals surface area (Å²) in [4.78, 5) is 0. The standard InChI is InChI=1S/C13H19NO3S/c1-17-12-3-2-11(13(14)9-12)8-10-4-6-18(15,16)7-5-10/h2-3,9-10H,4-8,14H2,1H3. The molecule has 1 aliphatic rings. The fourth-order valence-electron chi connectivity index (χ4n) is 2.34. The lowest BCUT2D eigenvalue weighted by Crippen LogP contribution is -2.24. The van der Waals surface area contributed by atoms with Crippen LogP contribution in [0.1, 0.15) is 18.4 Å². The molecule has 0 bridgehead atoms. The van der Waals surface area contributed by atoms with Crippen LogP contribution in [0, 0.1) is 5.92 Å². The molecule has 4 nitrogen and oxygen atoms in total. The van der Waals surface area contributed by atoms with Crippen molar-refractivity contribution in [2.75, 3.05) is 24.3 Å². The molecule has 0 atom stereocenters. The molecule has 1 aromatic carbocycles. The number of ether oxygens (including phenoxy) is 1. The molecule has 1 saturated heterocycles. The Kier molecular flexibility index (Phi) is 3.80. The van der Waals surface area contributed by atoms with E-state index in [4.69, 9.17) is 10.5 Å². The Bertz CT molecular complexity index is 511. The minimum atomic E-state index is -2.78. The molecule has 1 aromatic rings. The molecule has 5 heteroatoms. The summed E-state index contributed by atoms with van der Waals surface area (Å²) in [5, 5.41) is 0. The van der Waals surface area contributed by atoms with Crippen molar-refractivity contribution in [2.24, 2.45) is 5.92 Å². The minimum absolute atomic E-state index is 0.313. The quantitative estimate of drug-likeness (QED) is 0.847. The predicted octanol–water partition coefficient (Wildman–Crippen LogP) is 1.64. The summed E-state index contributed by atoms with van der Waals surface area (Å²) in [6.45, 7) is 0. The monoisotopic (exact) mass is 269 g/mol. The number of nitrogen functional groups attached to an aromatic ring is 1. The van der Waals surface area contributed by atoms with Gasteiger partial charge in [-0.25, -0.2) is 8.42 Å². The van der Waals surface area contributed by atoms with Crippen molar-refractivity contribution >= 4 is 15.5 Å². The van der Waals surface area contributed by atoms with Crippen LogP contribution in [0.3, 0.4) is 0 Å². The van der Waals surface area contributed by atoms with E-state index in [2.05, 4.69) is 0 Å². The lowest BCUT2D eigenvalue weighted by molar-refractivity contribution is 0.414. The van der Waals surface area contributed by atoms with Gasteiger partial charge in [0.2, 0.25) is 0 Å². The van der Waals surface area contributed by atoms with Crippen LogP contribution in [0.15, 0.2) is 18.2 Å². The summed E-state index contributed by atoms with van der Waals surface area (Å²) in [7, 11) is -1.17. The number of benzene rings is 1. The summed E-state index contributed by atoms with van der Waals surface area (Å²) >= 11 is 0. The van der Waals surface area contributed by atoms with E-state index < -0.39 is 9.84 Å². The van der Waals surface area contributed by atoms with Gasteiger partial charge in [-0.3, -0.25) is 0 Å². The molecule has 0 aromatic heterocycles. The normalized spacial score (nSPS) is 19.6. The van der Waals surface area contributed by atoms with Crippen LogP contribution in [0.25, 0.3) is 0 Å². The SMILES string of the molecule is COc1ccc(CC2CCS(=O)(=O)CC2)c(N)c1. The van der Waals surface area contributed by atoms with Crippen LogP contribution < -0.4 is 10.5 Å². The van der Waals surface area contributed by atoms with Gasteiger partial charge >= 0.3 is 0 Å². The average Bonchev–Trinajstić information content (AvgIpc) is 2.34. The lowest BCUT2D eigenvalue weighted by atomic mass is 9.93. The third-order valence-corrected chi connectivity index (χ3v) is 5.25. The number of nitrogens with two attached hydrogens (primary N) is 1. The molecule has 0 unspecified atom stereocenters. The fourth-order valence-corrected chi connectivity index (χ4v) is 3.93. The maximum absolute atomic E-state index is 11.4. The maximum atomic E-state index is 11.4. The topological polar surface area (TPSA) is 69.4 Å². The first-order valence-corrected chi connectivity index (χ1v) is 7.95. The second-order valence-electron chi connectivity index (χ2n) is 4.86. The Morgan fingerprint density at radius 1 is 1.33 bits per heavy atom. The Balaban J connectivity index is 2.02. The van der Waals surface area contributed by atoms with E-state index in [9.17, 15) is 8.42 Å². The Labute approximate surface area is 108 Å². The zero-order valence-corrected chi connectivity index (χ0v) is 11.4. The fraction of sp³-hybridized carbons (Fsp3) is 0.538. The lowest BCUT2D eigenvalue weighted by Gasteiger charge is -2.22. The van der Waals surface area contributed by atoms with Crippen molar-refractivity contribution in [1.82, 2.24) is 0 Å². The average molecular weight is 269 g/mol. The number of sulfone groups is 1. The largest absolute Gasteiger partial charge is 0.497 e. The van der Waals surface area contributed by atoms with E-state index in [0.29, 0.717) is 17.4 Å². The summed E-state index contributed by atoms with van der Waals surface area (Å²) < 4.78 is 27.8. The summed E-state index contributed by atoms with van der Waals surface area (Å²) in [5.41, 5.74) is 7.78. The Hall–Kier alpha value is -1.23. The first kappa shape index (κ1) is 13.2. The highest BCUT2D eigenvalue weighted by molar-refractivity contribution is 7.91. The van der Waals surface area contributed by atoms with Crippen LogP contribution >= 0.6 is 0 Å². The number of hydrogen-bond donors (Lipinski definition) is 1. The number of hydrogen-bond acceptors (Lipinski definition) is 4. The van der Waals surface area contributed by atoms with Crippen molar-refractivity contribution in [3.05, 3.63) is 23.8 Å². The zero-order chi connectivity index (χ0) is 13.2. The molecule has 0 amide bonds. The summed E-state index contributed by atoms with van der Waals surface area (Å²) in [6, 6.07) is 5.68. The molecule has 1 heterocycles. The molecular formula is C13H19NO3S. The zero-order valence-electron chi connectivity index (χ0n) is 10.6. The van der Waals surface area contributed by atoms with E-state index >= 15 is 0 Å². The van der Waals surface area contributed by atoms with Crippen molar-refractivity contribution in [3.8, 4) is 5.75 Å². The van der Waals surface area contributed by atoms with Crippen molar-refractivity contribution < 1.29 is 13.2 Å². The number of rotatable bonds is 3. The van der Waals surface area contributed by atoms with Gasteiger partial charge in [-0.1, -0.05) is 6.07 Å². The van der Waals surface area contributed by atoms with Gasteiger partial charge in [0.1, 0.15) is 15.6 Å². The first-order chi connectivity index (χ1) is 8.50. The van der Waals surface area contributed by atoms with Crippen LogP contribution in [0.4, 0.5) is 5.69 Å². The number of anilines is 1. The maximum Gasteiger partial charge on any atom is 0.150 e. The van der Waals surface area contributed by atoms with E-state index in [-0.39, 0.29) is 0 Å². The number of methoxy groups -OCH3 is 1. The van der Waals surface area contributed by atoms with E-state index in [1.54, 1.807) is 7.11 Å². The third kappa shape index (κ3) is 3.16. The van der Waals surface area contributed by atoms with E-state index in [1.807, 2.05) is 18.2 Å². The summed E-state index contributed by atoms with van der Waals surface area (Å²) in [5.74, 6) is 1.80. The van der Waals surface area contributed by atoms with Crippen molar-refractivity contribution in [3.63, 3.8) is 0 Å². The highest BCUT2D eigenvalue weighted by Gasteiger charge is 2.24. The van der Waals surface area contributed by atoms with Crippen molar-refractivity contribution in [1.29, 1.82) is 0 Å². The smallest absolute Gasteiger partial charge is 0.150 e. The van der Waals surface area contributed by atoms with Gasteiger partial charge < -0.3 is 10.5 Å². The van der Waals surface area contributed by atoms with Gasteiger partial charge in [0.25, 0.3) is 0 Å². The molecule has 100 valence electrons. The molecule has 0 spiro atoms. The van der Waals surface area contributed by atoms with Gasteiger partial charge in [0, 0.05) is 11.8 Å². The molecule has 1 aliphatic heterocycles. The first-order valence-electron chi connectivity index (χ1n) is 6.13. The molecule has 2 rings (SSSR count). The molecular weight excluding hydrogens is 250 g/mol. The Morgan fingerprint density at radius 3 is 2.56 bits per heavy atom. The molecule has 1 fully saturated rings. The van der Waals surface area contributed by atoms with Gasteiger partial charge in [-0.2, -0.15) is 0 Å². The predicted molar refractivity (Wildman–Crippen MR) is 72.5 cm³/mol. The molecule has 0 aliphatic carbocycles. The van der Waals surface area contributed by atoms with Crippen LogP contribution in [0.2, 0.25) is 0 Å². The van der Waals surface area contributed by atoms with Crippen molar-refractivity contribution in [2.45, 2.75) is 19.3 Å². The second-order valence-corrected chi connectivity index (χ2v) is 7.17.